The van der Waals surface area contributed by atoms with Crippen molar-refractivity contribution in [2.75, 3.05) is 13.2 Å². The van der Waals surface area contributed by atoms with Gasteiger partial charge in [0, 0.05) is 0 Å². The first-order valence-electron chi connectivity index (χ1n) is 9.26. The minimum absolute atomic E-state index is 0.352. The molecule has 0 amide bonds. The Morgan fingerprint density at radius 2 is 1.52 bits per heavy atom. The average Bonchev–Trinajstić information content (AvgIpc) is 2.53. The second kappa shape index (κ2) is 17.1. The van der Waals surface area contributed by atoms with Crippen molar-refractivity contribution in [1.82, 2.24) is 0 Å². The number of carbonyl (C=O) groups excluding carboxylic acids is 1. The van der Waals surface area contributed by atoms with E-state index in [1.54, 1.807) is 0 Å². The van der Waals surface area contributed by atoms with E-state index in [2.05, 4.69) is 31.2 Å². The van der Waals surface area contributed by atoms with Crippen LogP contribution in [0.3, 0.4) is 0 Å². The summed E-state index contributed by atoms with van der Waals surface area (Å²) in [5.41, 5.74) is 0. The maximum absolute atomic E-state index is 11.2. The van der Waals surface area contributed by atoms with Crippen molar-refractivity contribution in [2.24, 2.45) is 5.92 Å². The van der Waals surface area contributed by atoms with Crippen molar-refractivity contribution >= 4 is 6.16 Å². The van der Waals surface area contributed by atoms with Crippen LogP contribution in [0.25, 0.3) is 0 Å². The van der Waals surface area contributed by atoms with Crippen LogP contribution in [-0.2, 0) is 9.47 Å². The zero-order valence-corrected chi connectivity index (χ0v) is 15.4. The number of unbranched alkanes of at least 4 members (excludes halogenated alkanes) is 6. The fraction of sp³-hybridized carbons (Fsp3) is 0.750. The van der Waals surface area contributed by atoms with Crippen LogP contribution in [0, 0.1) is 5.92 Å². The van der Waals surface area contributed by atoms with E-state index in [0.717, 1.165) is 25.7 Å². The zero-order chi connectivity index (χ0) is 17.2. The van der Waals surface area contributed by atoms with Gasteiger partial charge in [-0.25, -0.2) is 4.79 Å². The fourth-order valence-corrected chi connectivity index (χ4v) is 2.06. The minimum Gasteiger partial charge on any atom is -0.434 e. The van der Waals surface area contributed by atoms with Gasteiger partial charge >= 0.3 is 6.16 Å². The standard InChI is InChI=1S/C20H36O3/c1-4-5-6-7-8-9-10-11-12-13-14-15-16-17-22-20(21)23-18-19(2)3/h5-6,8-9,19H,4,7,10-18H2,1-3H3/b6-5-,9-8-. The average molecular weight is 325 g/mol. The second-order valence-electron chi connectivity index (χ2n) is 6.30. The third-order valence-electron chi connectivity index (χ3n) is 3.36. The highest BCUT2D eigenvalue weighted by Crippen LogP contribution is 2.08. The van der Waals surface area contributed by atoms with Crippen molar-refractivity contribution in [3.05, 3.63) is 24.3 Å². The molecule has 0 atom stereocenters. The van der Waals surface area contributed by atoms with Crippen molar-refractivity contribution < 1.29 is 14.3 Å². The summed E-state index contributed by atoms with van der Waals surface area (Å²) >= 11 is 0. The smallest absolute Gasteiger partial charge is 0.434 e. The number of hydrogen-bond acceptors (Lipinski definition) is 3. The Kier molecular flexibility index (Phi) is 16.2. The van der Waals surface area contributed by atoms with E-state index in [-0.39, 0.29) is 0 Å². The first kappa shape index (κ1) is 21.8. The summed E-state index contributed by atoms with van der Waals surface area (Å²) in [6.07, 6.45) is 18.9. The van der Waals surface area contributed by atoms with Crippen molar-refractivity contribution in [3.63, 3.8) is 0 Å². The Labute approximate surface area is 143 Å². The van der Waals surface area contributed by atoms with Crippen molar-refractivity contribution in [2.45, 2.75) is 78.6 Å². The number of rotatable bonds is 14. The van der Waals surface area contributed by atoms with Crippen LogP contribution >= 0.6 is 0 Å². The Bertz CT molecular complexity index is 319. The largest absolute Gasteiger partial charge is 0.508 e. The Balaban J connectivity index is 3.21. The summed E-state index contributed by atoms with van der Waals surface area (Å²) in [5.74, 6) is 0.352. The topological polar surface area (TPSA) is 35.5 Å². The highest BCUT2D eigenvalue weighted by Gasteiger charge is 2.04. The summed E-state index contributed by atoms with van der Waals surface area (Å²) in [6.45, 7) is 7.08. The summed E-state index contributed by atoms with van der Waals surface area (Å²) < 4.78 is 9.96. The number of carbonyl (C=O) groups is 1. The number of ether oxygens (including phenoxy) is 2. The van der Waals surface area contributed by atoms with Gasteiger partial charge in [-0.05, 0) is 38.0 Å². The van der Waals surface area contributed by atoms with Gasteiger partial charge in [0.05, 0.1) is 13.2 Å². The third kappa shape index (κ3) is 18.7. The lowest BCUT2D eigenvalue weighted by molar-refractivity contribution is 0.0465. The van der Waals surface area contributed by atoms with Crippen LogP contribution in [-0.4, -0.2) is 19.4 Å². The van der Waals surface area contributed by atoms with Gasteiger partial charge < -0.3 is 9.47 Å². The summed E-state index contributed by atoms with van der Waals surface area (Å²) in [4.78, 5) is 11.2. The quantitative estimate of drug-likeness (QED) is 0.209. The van der Waals surface area contributed by atoms with Gasteiger partial charge in [-0.15, -0.1) is 0 Å². The van der Waals surface area contributed by atoms with Gasteiger partial charge in [-0.1, -0.05) is 70.8 Å². The molecule has 0 bridgehead atoms. The Hall–Kier alpha value is -1.25. The van der Waals surface area contributed by atoms with Crippen LogP contribution in [0.1, 0.15) is 78.6 Å². The van der Waals surface area contributed by atoms with Gasteiger partial charge in [-0.2, -0.15) is 0 Å². The maximum atomic E-state index is 11.2. The molecule has 0 fully saturated rings. The van der Waals surface area contributed by atoms with Gasteiger partial charge in [0.1, 0.15) is 0 Å². The molecule has 23 heavy (non-hydrogen) atoms. The molecule has 0 aromatic heterocycles. The summed E-state index contributed by atoms with van der Waals surface area (Å²) in [5, 5.41) is 0. The Morgan fingerprint density at radius 3 is 2.22 bits per heavy atom. The predicted octanol–water partition coefficient (Wildman–Crippen LogP) is 6.44. The van der Waals surface area contributed by atoms with E-state index < -0.39 is 6.16 Å². The second-order valence-corrected chi connectivity index (χ2v) is 6.30. The fourth-order valence-electron chi connectivity index (χ4n) is 2.06. The lowest BCUT2D eigenvalue weighted by Gasteiger charge is -2.07. The molecule has 0 saturated carbocycles. The van der Waals surface area contributed by atoms with Gasteiger partial charge in [-0.3, -0.25) is 0 Å². The highest BCUT2D eigenvalue weighted by molar-refractivity contribution is 5.59. The molecule has 0 aliphatic heterocycles. The van der Waals surface area contributed by atoms with Gasteiger partial charge in [0.2, 0.25) is 0 Å². The molecule has 0 radical (unpaired) electrons. The molecule has 0 aromatic rings. The molecule has 0 rings (SSSR count). The molecule has 134 valence electrons. The first-order chi connectivity index (χ1) is 11.2. The molecule has 3 nitrogen and oxygen atoms in total. The van der Waals surface area contributed by atoms with Crippen LogP contribution in [0.15, 0.2) is 24.3 Å². The number of hydrogen-bond donors (Lipinski definition) is 0. The van der Waals surface area contributed by atoms with Gasteiger partial charge in [0.25, 0.3) is 0 Å². The predicted molar refractivity (Wildman–Crippen MR) is 97.6 cm³/mol. The lowest BCUT2D eigenvalue weighted by atomic mass is 10.1. The molecular formula is C20H36O3. The van der Waals surface area contributed by atoms with E-state index in [0.29, 0.717) is 19.1 Å². The molecular weight excluding hydrogens is 288 g/mol. The normalized spacial score (nSPS) is 11.7. The highest BCUT2D eigenvalue weighted by atomic mass is 16.7. The molecule has 0 aromatic carbocycles. The van der Waals surface area contributed by atoms with E-state index >= 15 is 0 Å². The molecule has 0 N–H and O–H groups in total. The first-order valence-corrected chi connectivity index (χ1v) is 9.26. The number of allylic oxidation sites excluding steroid dienone is 4. The molecule has 0 heterocycles. The van der Waals surface area contributed by atoms with E-state index in [9.17, 15) is 4.79 Å². The van der Waals surface area contributed by atoms with E-state index in [1.807, 2.05) is 13.8 Å². The minimum atomic E-state index is -0.528. The monoisotopic (exact) mass is 324 g/mol. The van der Waals surface area contributed by atoms with E-state index in [1.165, 1.54) is 32.1 Å². The molecule has 0 aliphatic rings. The van der Waals surface area contributed by atoms with Gasteiger partial charge in [0.15, 0.2) is 0 Å². The molecule has 0 aliphatic carbocycles. The lowest BCUT2D eigenvalue weighted by Crippen LogP contribution is -2.12. The SMILES string of the molecule is CC/C=C\C/C=C\CCCCCCCCOC(=O)OCC(C)C. The van der Waals surface area contributed by atoms with Crippen molar-refractivity contribution in [3.8, 4) is 0 Å². The maximum Gasteiger partial charge on any atom is 0.508 e. The molecule has 0 spiro atoms. The Morgan fingerprint density at radius 1 is 0.870 bits per heavy atom. The summed E-state index contributed by atoms with van der Waals surface area (Å²) in [7, 11) is 0. The van der Waals surface area contributed by atoms with Crippen LogP contribution < -0.4 is 0 Å². The molecule has 3 heteroatoms. The summed E-state index contributed by atoms with van der Waals surface area (Å²) in [6, 6.07) is 0. The van der Waals surface area contributed by atoms with Crippen LogP contribution in [0.4, 0.5) is 4.79 Å². The van der Waals surface area contributed by atoms with Crippen molar-refractivity contribution in [1.29, 1.82) is 0 Å². The molecule has 0 saturated heterocycles. The zero-order valence-electron chi connectivity index (χ0n) is 15.4. The van der Waals surface area contributed by atoms with Crippen LogP contribution in [0.2, 0.25) is 0 Å². The molecule has 0 unspecified atom stereocenters. The van der Waals surface area contributed by atoms with E-state index in [4.69, 9.17) is 9.47 Å². The third-order valence-corrected chi connectivity index (χ3v) is 3.36. The van der Waals surface area contributed by atoms with Crippen LogP contribution in [0.5, 0.6) is 0 Å².